The summed E-state index contributed by atoms with van der Waals surface area (Å²) in [5.41, 5.74) is 7.93. The zero-order valence-corrected chi connectivity index (χ0v) is 11.2. The van der Waals surface area contributed by atoms with Crippen LogP contribution in [0.2, 0.25) is 0 Å². The highest BCUT2D eigenvalue weighted by atomic mass is 35.5. The summed E-state index contributed by atoms with van der Waals surface area (Å²) in [6, 6.07) is 7.94. The topological polar surface area (TPSA) is 66.6 Å². The van der Waals surface area contributed by atoms with E-state index in [2.05, 4.69) is 12.1 Å². The van der Waals surface area contributed by atoms with Gasteiger partial charge in [0.15, 0.2) is 0 Å². The number of carbonyl (C=O) groups excluding carboxylic acids is 1. The molecule has 1 amide bonds. The molecule has 18 heavy (non-hydrogen) atoms. The lowest BCUT2D eigenvalue weighted by Gasteiger charge is -2.29. The van der Waals surface area contributed by atoms with Crippen LogP contribution in [0.1, 0.15) is 11.1 Å². The Morgan fingerprint density at radius 3 is 2.33 bits per heavy atom. The SMILES string of the molecule is CN(C1Cc2ccccc2C1)C(CO)C(N)=O.Cl. The highest BCUT2D eigenvalue weighted by Gasteiger charge is 2.30. The van der Waals surface area contributed by atoms with E-state index in [-0.39, 0.29) is 25.1 Å². The van der Waals surface area contributed by atoms with Gasteiger partial charge in [-0.05, 0) is 31.0 Å². The molecule has 2 rings (SSSR count). The van der Waals surface area contributed by atoms with Crippen molar-refractivity contribution in [3.63, 3.8) is 0 Å². The van der Waals surface area contributed by atoms with Gasteiger partial charge in [-0.25, -0.2) is 0 Å². The number of carbonyl (C=O) groups is 1. The van der Waals surface area contributed by atoms with Crippen LogP contribution >= 0.6 is 12.4 Å². The van der Waals surface area contributed by atoms with Crippen molar-refractivity contribution in [1.29, 1.82) is 0 Å². The molecule has 1 aromatic carbocycles. The molecule has 0 spiro atoms. The monoisotopic (exact) mass is 270 g/mol. The van der Waals surface area contributed by atoms with Crippen molar-refractivity contribution >= 4 is 18.3 Å². The van der Waals surface area contributed by atoms with Crippen molar-refractivity contribution in [2.45, 2.75) is 24.9 Å². The largest absolute Gasteiger partial charge is 0.394 e. The molecule has 0 aliphatic heterocycles. The number of benzene rings is 1. The number of likely N-dealkylation sites (N-methyl/N-ethyl adjacent to an activating group) is 1. The summed E-state index contributed by atoms with van der Waals surface area (Å²) in [6.45, 7) is -0.224. The molecular formula is C13H19ClN2O2. The predicted molar refractivity (Wildman–Crippen MR) is 72.7 cm³/mol. The van der Waals surface area contributed by atoms with Gasteiger partial charge in [-0.3, -0.25) is 9.69 Å². The van der Waals surface area contributed by atoms with Crippen molar-refractivity contribution in [2.24, 2.45) is 5.73 Å². The van der Waals surface area contributed by atoms with E-state index in [4.69, 9.17) is 5.73 Å². The second kappa shape index (κ2) is 6.18. The van der Waals surface area contributed by atoms with E-state index in [0.717, 1.165) is 12.8 Å². The molecule has 4 nitrogen and oxygen atoms in total. The Kier molecular flexibility index (Phi) is 5.14. The average Bonchev–Trinajstić information content (AvgIpc) is 2.72. The zero-order chi connectivity index (χ0) is 12.4. The molecule has 1 aliphatic rings. The number of hydrogen-bond acceptors (Lipinski definition) is 3. The summed E-state index contributed by atoms with van der Waals surface area (Å²) >= 11 is 0. The molecule has 1 aromatic rings. The normalized spacial score (nSPS) is 16.2. The van der Waals surface area contributed by atoms with Crippen LogP contribution in [0.25, 0.3) is 0 Å². The average molecular weight is 271 g/mol. The van der Waals surface area contributed by atoms with Crippen molar-refractivity contribution in [3.05, 3.63) is 35.4 Å². The van der Waals surface area contributed by atoms with Crippen LogP contribution in [0.3, 0.4) is 0 Å². The van der Waals surface area contributed by atoms with Gasteiger partial charge in [0, 0.05) is 6.04 Å². The van der Waals surface area contributed by atoms with E-state index in [9.17, 15) is 9.90 Å². The highest BCUT2D eigenvalue weighted by Crippen LogP contribution is 2.25. The maximum absolute atomic E-state index is 11.2. The van der Waals surface area contributed by atoms with Crippen LogP contribution in [0.5, 0.6) is 0 Å². The van der Waals surface area contributed by atoms with Crippen molar-refractivity contribution in [3.8, 4) is 0 Å². The minimum absolute atomic E-state index is 0. The van der Waals surface area contributed by atoms with E-state index in [1.165, 1.54) is 11.1 Å². The second-order valence-electron chi connectivity index (χ2n) is 4.60. The number of rotatable bonds is 4. The first-order valence-electron chi connectivity index (χ1n) is 5.82. The van der Waals surface area contributed by atoms with Crippen LogP contribution in [0, 0.1) is 0 Å². The van der Waals surface area contributed by atoms with Crippen LogP contribution < -0.4 is 5.73 Å². The molecule has 0 bridgehead atoms. The predicted octanol–water partition coefficient (Wildman–Crippen LogP) is 0.354. The van der Waals surface area contributed by atoms with Gasteiger partial charge in [0.25, 0.3) is 0 Å². The second-order valence-corrected chi connectivity index (χ2v) is 4.60. The summed E-state index contributed by atoms with van der Waals surface area (Å²) in [5.74, 6) is -0.467. The number of nitrogens with zero attached hydrogens (tertiary/aromatic N) is 1. The third kappa shape index (κ3) is 2.83. The molecule has 100 valence electrons. The number of hydrogen-bond donors (Lipinski definition) is 2. The Morgan fingerprint density at radius 2 is 1.94 bits per heavy atom. The van der Waals surface area contributed by atoms with Gasteiger partial charge in [0.2, 0.25) is 5.91 Å². The minimum atomic E-state index is -0.589. The number of aliphatic hydroxyl groups excluding tert-OH is 1. The Hall–Kier alpha value is -1.10. The third-order valence-corrected chi connectivity index (χ3v) is 3.60. The lowest BCUT2D eigenvalue weighted by Crippen LogP contribution is -2.50. The molecular weight excluding hydrogens is 252 g/mol. The van der Waals surface area contributed by atoms with Crippen molar-refractivity contribution in [1.82, 2.24) is 4.90 Å². The molecule has 0 fully saturated rings. The lowest BCUT2D eigenvalue weighted by molar-refractivity contribution is -0.124. The first-order chi connectivity index (χ1) is 8.13. The molecule has 1 unspecified atom stereocenters. The van der Waals surface area contributed by atoms with Gasteiger partial charge in [-0.1, -0.05) is 24.3 Å². The fourth-order valence-electron chi connectivity index (χ4n) is 2.50. The number of halogens is 1. The Morgan fingerprint density at radius 1 is 1.44 bits per heavy atom. The molecule has 0 heterocycles. The summed E-state index contributed by atoms with van der Waals surface area (Å²) in [5, 5.41) is 9.20. The van der Waals surface area contributed by atoms with Gasteiger partial charge < -0.3 is 10.8 Å². The molecule has 0 saturated heterocycles. The third-order valence-electron chi connectivity index (χ3n) is 3.60. The molecule has 0 aromatic heterocycles. The fourth-order valence-corrected chi connectivity index (χ4v) is 2.50. The molecule has 3 N–H and O–H groups in total. The first-order valence-corrected chi connectivity index (χ1v) is 5.82. The van der Waals surface area contributed by atoms with Gasteiger partial charge in [0.05, 0.1) is 6.61 Å². The Labute approximate surface area is 113 Å². The van der Waals surface area contributed by atoms with Crippen molar-refractivity contribution < 1.29 is 9.90 Å². The fraction of sp³-hybridized carbons (Fsp3) is 0.462. The molecule has 0 saturated carbocycles. The van der Waals surface area contributed by atoms with Gasteiger partial charge in [0.1, 0.15) is 6.04 Å². The first kappa shape index (κ1) is 15.0. The summed E-state index contributed by atoms with van der Waals surface area (Å²) in [6.07, 6.45) is 1.83. The van der Waals surface area contributed by atoms with E-state index >= 15 is 0 Å². The van der Waals surface area contributed by atoms with E-state index in [0.29, 0.717) is 0 Å². The van der Waals surface area contributed by atoms with Crippen LogP contribution in [-0.2, 0) is 17.6 Å². The smallest absolute Gasteiger partial charge is 0.237 e. The van der Waals surface area contributed by atoms with Crippen molar-refractivity contribution in [2.75, 3.05) is 13.7 Å². The zero-order valence-electron chi connectivity index (χ0n) is 10.4. The number of primary amides is 1. The number of fused-ring (bicyclic) bond motifs is 1. The maximum Gasteiger partial charge on any atom is 0.237 e. The van der Waals surface area contributed by atoms with Gasteiger partial charge in [-0.15, -0.1) is 12.4 Å². The summed E-state index contributed by atoms with van der Waals surface area (Å²) in [7, 11) is 1.85. The molecule has 1 atom stereocenters. The molecule has 1 aliphatic carbocycles. The number of nitrogens with two attached hydrogens (primary N) is 1. The Balaban J connectivity index is 0.00000162. The van der Waals surface area contributed by atoms with Gasteiger partial charge in [-0.2, -0.15) is 0 Å². The molecule has 0 radical (unpaired) electrons. The lowest BCUT2D eigenvalue weighted by atomic mass is 10.1. The van der Waals surface area contributed by atoms with Gasteiger partial charge >= 0.3 is 0 Å². The van der Waals surface area contributed by atoms with Crippen LogP contribution in [0.4, 0.5) is 0 Å². The quantitative estimate of drug-likeness (QED) is 0.830. The Bertz CT molecular complexity index is 400. The minimum Gasteiger partial charge on any atom is -0.394 e. The number of amides is 1. The van der Waals surface area contributed by atoms with E-state index < -0.39 is 11.9 Å². The van der Waals surface area contributed by atoms with E-state index in [1.807, 2.05) is 24.1 Å². The molecule has 5 heteroatoms. The van der Waals surface area contributed by atoms with E-state index in [1.54, 1.807) is 0 Å². The summed E-state index contributed by atoms with van der Waals surface area (Å²) < 4.78 is 0. The maximum atomic E-state index is 11.2. The van der Waals surface area contributed by atoms with Crippen LogP contribution in [-0.4, -0.2) is 41.7 Å². The number of aliphatic hydroxyl groups is 1. The highest BCUT2D eigenvalue weighted by molar-refractivity contribution is 5.85. The standard InChI is InChI=1S/C13H18N2O2.ClH/c1-15(12(8-16)13(14)17)11-6-9-4-2-3-5-10(9)7-11;/h2-5,11-12,16H,6-8H2,1H3,(H2,14,17);1H. The van der Waals surface area contributed by atoms with Crippen LogP contribution in [0.15, 0.2) is 24.3 Å². The summed E-state index contributed by atoms with van der Waals surface area (Å²) in [4.78, 5) is 13.1.